The molecule has 0 bridgehead atoms. The monoisotopic (exact) mass is 248 g/mol. The maximum Gasteiger partial charge on any atom is 0.221 e. The van der Waals surface area contributed by atoms with Crippen molar-refractivity contribution in [2.24, 2.45) is 0 Å². The lowest BCUT2D eigenvalue weighted by atomic mass is 10.2. The van der Waals surface area contributed by atoms with Crippen LogP contribution in [0.5, 0.6) is 11.6 Å². The summed E-state index contributed by atoms with van der Waals surface area (Å²) in [5.74, 6) is 2.03. The van der Waals surface area contributed by atoms with Crippen LogP contribution in [0.3, 0.4) is 0 Å². The molecule has 3 nitrogen and oxygen atoms in total. The van der Waals surface area contributed by atoms with Crippen LogP contribution >= 0.6 is 11.6 Å². The lowest BCUT2D eigenvalue weighted by Gasteiger charge is -2.09. The molecule has 1 N–H and O–H groups in total. The first-order valence-corrected chi connectivity index (χ1v) is 5.65. The van der Waals surface area contributed by atoms with Crippen molar-refractivity contribution in [2.75, 3.05) is 12.4 Å². The molecule has 2 rings (SSSR count). The number of nitrogens with zero attached hydrogens (tertiary/aromatic N) is 1. The molecule has 0 aliphatic carbocycles. The topological polar surface area (TPSA) is 34.1 Å². The molecule has 0 fully saturated rings. The largest absolute Gasteiger partial charge is 0.439 e. The number of nitrogens with one attached hydrogen (secondary N) is 1. The first-order valence-electron chi connectivity index (χ1n) is 5.28. The van der Waals surface area contributed by atoms with Gasteiger partial charge >= 0.3 is 0 Å². The number of anilines is 1. The fourth-order valence-corrected chi connectivity index (χ4v) is 1.57. The van der Waals surface area contributed by atoms with Crippen molar-refractivity contribution in [1.29, 1.82) is 0 Å². The van der Waals surface area contributed by atoms with Gasteiger partial charge in [0.25, 0.3) is 0 Å². The lowest BCUT2D eigenvalue weighted by Crippen LogP contribution is -1.95. The van der Waals surface area contributed by atoms with Gasteiger partial charge in [-0.15, -0.1) is 0 Å². The van der Waals surface area contributed by atoms with Crippen molar-refractivity contribution in [3.8, 4) is 11.6 Å². The van der Waals surface area contributed by atoms with E-state index in [0.29, 0.717) is 10.9 Å². The van der Waals surface area contributed by atoms with Crippen LogP contribution in [0.2, 0.25) is 5.02 Å². The van der Waals surface area contributed by atoms with E-state index in [1.54, 1.807) is 12.1 Å². The first-order chi connectivity index (χ1) is 8.19. The van der Waals surface area contributed by atoms with Crippen molar-refractivity contribution >= 4 is 17.4 Å². The molecule has 17 heavy (non-hydrogen) atoms. The first kappa shape index (κ1) is 11.7. The van der Waals surface area contributed by atoms with E-state index in [2.05, 4.69) is 10.3 Å². The van der Waals surface area contributed by atoms with Gasteiger partial charge in [-0.3, -0.25) is 0 Å². The number of benzene rings is 1. The van der Waals surface area contributed by atoms with Gasteiger partial charge in [0.2, 0.25) is 5.88 Å². The van der Waals surface area contributed by atoms with Gasteiger partial charge in [0.15, 0.2) is 0 Å². The summed E-state index contributed by atoms with van der Waals surface area (Å²) in [6, 6.07) is 11.1. The molecule has 0 amide bonds. The molecule has 0 saturated carbocycles. The number of ether oxygens (including phenoxy) is 1. The van der Waals surface area contributed by atoms with Gasteiger partial charge in [0.1, 0.15) is 11.6 Å². The number of aryl methyl sites for hydroxylation is 1. The molecular weight excluding hydrogens is 236 g/mol. The number of aromatic nitrogens is 1. The normalized spacial score (nSPS) is 10.1. The molecule has 0 unspecified atom stereocenters. The Bertz CT molecular complexity index is 529. The SMILES string of the molecule is CNc1cccc(Oc2cc(Cl)ccc2C)n1. The Morgan fingerprint density at radius 3 is 2.82 bits per heavy atom. The van der Waals surface area contributed by atoms with Crippen LogP contribution in [-0.4, -0.2) is 12.0 Å². The third-order valence-corrected chi connectivity index (χ3v) is 2.58. The number of pyridine rings is 1. The van der Waals surface area contributed by atoms with Crippen LogP contribution in [0, 0.1) is 6.92 Å². The summed E-state index contributed by atoms with van der Waals surface area (Å²) in [6.45, 7) is 1.97. The zero-order valence-electron chi connectivity index (χ0n) is 9.70. The van der Waals surface area contributed by atoms with Crippen molar-refractivity contribution in [1.82, 2.24) is 4.98 Å². The third kappa shape index (κ3) is 2.88. The van der Waals surface area contributed by atoms with Gasteiger partial charge in [0.05, 0.1) is 0 Å². The van der Waals surface area contributed by atoms with Crippen molar-refractivity contribution < 1.29 is 4.74 Å². The van der Waals surface area contributed by atoms with Crippen LogP contribution < -0.4 is 10.1 Å². The number of hydrogen-bond acceptors (Lipinski definition) is 3. The smallest absolute Gasteiger partial charge is 0.221 e. The van der Waals surface area contributed by atoms with E-state index in [9.17, 15) is 0 Å². The van der Waals surface area contributed by atoms with E-state index in [1.807, 2.05) is 38.2 Å². The predicted octanol–water partition coefficient (Wildman–Crippen LogP) is 3.88. The van der Waals surface area contributed by atoms with E-state index >= 15 is 0 Å². The maximum atomic E-state index is 5.93. The molecular formula is C13H13ClN2O. The van der Waals surface area contributed by atoms with Gasteiger partial charge in [-0.25, -0.2) is 0 Å². The average molecular weight is 249 g/mol. The van der Waals surface area contributed by atoms with E-state index in [4.69, 9.17) is 16.3 Å². The molecule has 1 aromatic carbocycles. The Balaban J connectivity index is 2.27. The molecule has 0 saturated heterocycles. The van der Waals surface area contributed by atoms with Crippen LogP contribution in [0.4, 0.5) is 5.82 Å². The Labute approximate surface area is 105 Å². The molecule has 0 aliphatic heterocycles. The van der Waals surface area contributed by atoms with E-state index in [0.717, 1.165) is 17.1 Å². The molecule has 0 radical (unpaired) electrons. The second-order valence-electron chi connectivity index (χ2n) is 3.62. The van der Waals surface area contributed by atoms with Crippen LogP contribution in [0.15, 0.2) is 36.4 Å². The van der Waals surface area contributed by atoms with Crippen LogP contribution in [0.25, 0.3) is 0 Å². The fourth-order valence-electron chi connectivity index (χ4n) is 1.41. The summed E-state index contributed by atoms with van der Waals surface area (Å²) in [4.78, 5) is 4.28. The summed E-state index contributed by atoms with van der Waals surface area (Å²) >= 11 is 5.93. The second kappa shape index (κ2) is 5.06. The zero-order chi connectivity index (χ0) is 12.3. The standard InChI is InChI=1S/C13H13ClN2O/c1-9-6-7-10(14)8-11(9)17-13-5-3-4-12(15-2)16-13/h3-8H,1-2H3,(H,15,16). The highest BCUT2D eigenvalue weighted by Gasteiger charge is 2.04. The van der Waals surface area contributed by atoms with Gasteiger partial charge in [-0.1, -0.05) is 23.7 Å². The molecule has 88 valence electrons. The second-order valence-corrected chi connectivity index (χ2v) is 4.06. The summed E-state index contributed by atoms with van der Waals surface area (Å²) in [5, 5.41) is 3.61. The lowest BCUT2D eigenvalue weighted by molar-refractivity contribution is 0.460. The van der Waals surface area contributed by atoms with E-state index in [-0.39, 0.29) is 0 Å². The third-order valence-electron chi connectivity index (χ3n) is 2.34. The minimum atomic E-state index is 0.544. The molecule has 0 spiro atoms. The van der Waals surface area contributed by atoms with Crippen molar-refractivity contribution in [2.45, 2.75) is 6.92 Å². The van der Waals surface area contributed by atoms with Gasteiger partial charge in [0, 0.05) is 18.1 Å². The molecule has 0 atom stereocenters. The number of rotatable bonds is 3. The van der Waals surface area contributed by atoms with Gasteiger partial charge < -0.3 is 10.1 Å². The average Bonchev–Trinajstić information content (AvgIpc) is 2.34. The molecule has 1 heterocycles. The maximum absolute atomic E-state index is 5.93. The van der Waals surface area contributed by atoms with E-state index in [1.165, 1.54) is 0 Å². The highest BCUT2D eigenvalue weighted by atomic mass is 35.5. The van der Waals surface area contributed by atoms with Gasteiger partial charge in [-0.05, 0) is 30.7 Å². The molecule has 0 aliphatic rings. The summed E-state index contributed by atoms with van der Waals surface area (Å²) in [6.07, 6.45) is 0. The van der Waals surface area contributed by atoms with Crippen LogP contribution in [0.1, 0.15) is 5.56 Å². The highest BCUT2D eigenvalue weighted by molar-refractivity contribution is 6.30. The van der Waals surface area contributed by atoms with Crippen LogP contribution in [-0.2, 0) is 0 Å². The molecule has 1 aromatic heterocycles. The minimum absolute atomic E-state index is 0.544. The summed E-state index contributed by atoms with van der Waals surface area (Å²) in [7, 11) is 1.82. The minimum Gasteiger partial charge on any atom is -0.439 e. The van der Waals surface area contributed by atoms with E-state index < -0.39 is 0 Å². The Morgan fingerprint density at radius 1 is 1.24 bits per heavy atom. The fraction of sp³-hybridized carbons (Fsp3) is 0.154. The number of halogens is 1. The quantitative estimate of drug-likeness (QED) is 0.895. The molecule has 4 heteroatoms. The number of hydrogen-bond donors (Lipinski definition) is 1. The highest BCUT2D eigenvalue weighted by Crippen LogP contribution is 2.27. The van der Waals surface area contributed by atoms with Crippen molar-refractivity contribution in [3.63, 3.8) is 0 Å². The zero-order valence-corrected chi connectivity index (χ0v) is 10.5. The predicted molar refractivity (Wildman–Crippen MR) is 70.0 cm³/mol. The Hall–Kier alpha value is -1.74. The van der Waals surface area contributed by atoms with Crippen molar-refractivity contribution in [3.05, 3.63) is 47.0 Å². The van der Waals surface area contributed by atoms with Gasteiger partial charge in [-0.2, -0.15) is 4.98 Å². The Morgan fingerprint density at radius 2 is 2.06 bits per heavy atom. The Kier molecular flexibility index (Phi) is 3.49. The summed E-state index contributed by atoms with van der Waals surface area (Å²) < 4.78 is 5.70. The summed E-state index contributed by atoms with van der Waals surface area (Å²) in [5.41, 5.74) is 1.02. The molecule has 2 aromatic rings.